The number of nitrogens with zero attached hydrogens (tertiary/aromatic N) is 1. The number of fused-ring (bicyclic) bond motifs is 1. The molecule has 0 amide bonds. The molecule has 0 spiro atoms. The van der Waals surface area contributed by atoms with E-state index < -0.39 is 0 Å². The van der Waals surface area contributed by atoms with Gasteiger partial charge in [-0.1, -0.05) is 19.1 Å². The molecule has 0 aromatic heterocycles. The molecular weight excluding hydrogens is 222 g/mol. The summed E-state index contributed by atoms with van der Waals surface area (Å²) in [7, 11) is 0. The smallest absolute Gasteiger partial charge is 0.0692 e. The second-order valence-corrected chi connectivity index (χ2v) is 6.26. The van der Waals surface area contributed by atoms with Crippen LogP contribution in [0, 0.1) is 5.92 Å². The lowest BCUT2D eigenvalue weighted by Gasteiger charge is -2.41. The Kier molecular flexibility index (Phi) is 5.25. The first-order valence-electron chi connectivity index (χ1n) is 7.79. The van der Waals surface area contributed by atoms with Crippen LogP contribution in [0.4, 0.5) is 0 Å². The van der Waals surface area contributed by atoms with Crippen LogP contribution < -0.4 is 0 Å². The number of aliphatic hydroxyl groups excluding tert-OH is 1. The van der Waals surface area contributed by atoms with Crippen molar-refractivity contribution >= 4 is 0 Å². The summed E-state index contributed by atoms with van der Waals surface area (Å²) >= 11 is 0. The number of unbranched alkanes of at least 4 members (excludes halogenated alkanes) is 1. The summed E-state index contributed by atoms with van der Waals surface area (Å²) in [6.45, 7) is 5.58. The Bertz CT molecular complexity index is 274. The van der Waals surface area contributed by atoms with E-state index in [0.717, 1.165) is 24.4 Å². The zero-order valence-corrected chi connectivity index (χ0v) is 12.0. The van der Waals surface area contributed by atoms with Crippen LogP contribution in [0.25, 0.3) is 0 Å². The van der Waals surface area contributed by atoms with E-state index in [4.69, 9.17) is 5.11 Å². The van der Waals surface area contributed by atoms with Crippen molar-refractivity contribution in [2.45, 2.75) is 77.0 Å². The molecule has 0 aromatic carbocycles. The number of aliphatic hydroxyl groups is 1. The van der Waals surface area contributed by atoms with Crippen LogP contribution in [0.1, 0.15) is 58.8 Å². The Morgan fingerprint density at radius 2 is 2.17 bits per heavy atom. The molecule has 2 aliphatic rings. The van der Waals surface area contributed by atoms with Crippen molar-refractivity contribution in [3.8, 4) is 0 Å². The number of rotatable bonds is 5. The first-order valence-corrected chi connectivity index (χ1v) is 7.79. The minimum absolute atomic E-state index is 0.288. The van der Waals surface area contributed by atoms with Gasteiger partial charge in [-0.3, -0.25) is 4.90 Å². The molecule has 0 radical (unpaired) electrons. The summed E-state index contributed by atoms with van der Waals surface area (Å²) in [5, 5.41) is 9.16. The molecule has 0 aliphatic carbocycles. The van der Waals surface area contributed by atoms with Crippen molar-refractivity contribution in [3.63, 3.8) is 0 Å². The SMILES string of the molecule is CC(O)/C=C/CCCC1CCC(C)C2CCCN12. The lowest BCUT2D eigenvalue weighted by Crippen LogP contribution is -2.46. The molecule has 18 heavy (non-hydrogen) atoms. The van der Waals surface area contributed by atoms with E-state index in [1.165, 1.54) is 45.1 Å². The van der Waals surface area contributed by atoms with Crippen molar-refractivity contribution in [1.29, 1.82) is 0 Å². The standard InChI is InChI=1S/C16H29NO/c1-13-10-11-15(17-12-6-9-16(13)17)8-5-3-4-7-14(2)18/h4,7,13-16,18H,3,5-6,8-12H2,1-2H3/b7-4+. The second-order valence-electron chi connectivity index (χ2n) is 6.26. The van der Waals surface area contributed by atoms with Crippen LogP contribution in [0.3, 0.4) is 0 Å². The van der Waals surface area contributed by atoms with Crippen LogP contribution >= 0.6 is 0 Å². The van der Waals surface area contributed by atoms with Gasteiger partial charge < -0.3 is 5.11 Å². The van der Waals surface area contributed by atoms with Crippen molar-refractivity contribution in [2.75, 3.05) is 6.54 Å². The third kappa shape index (κ3) is 3.58. The van der Waals surface area contributed by atoms with Crippen molar-refractivity contribution < 1.29 is 5.11 Å². The van der Waals surface area contributed by atoms with Gasteiger partial charge in [0.25, 0.3) is 0 Å². The maximum Gasteiger partial charge on any atom is 0.0692 e. The normalized spacial score (nSPS) is 34.9. The zero-order chi connectivity index (χ0) is 13.0. The van der Waals surface area contributed by atoms with E-state index in [-0.39, 0.29) is 6.10 Å². The number of allylic oxidation sites excluding steroid dienone is 1. The maximum atomic E-state index is 9.16. The van der Waals surface area contributed by atoms with E-state index in [0.29, 0.717) is 0 Å². The highest BCUT2D eigenvalue weighted by Gasteiger charge is 2.37. The monoisotopic (exact) mass is 251 g/mol. The molecule has 2 aliphatic heterocycles. The first-order chi connectivity index (χ1) is 8.68. The van der Waals surface area contributed by atoms with Gasteiger partial charge in [-0.15, -0.1) is 0 Å². The van der Waals surface area contributed by atoms with Gasteiger partial charge in [0.15, 0.2) is 0 Å². The topological polar surface area (TPSA) is 23.5 Å². The van der Waals surface area contributed by atoms with Crippen LogP contribution in [0.15, 0.2) is 12.2 Å². The molecule has 2 heteroatoms. The van der Waals surface area contributed by atoms with Gasteiger partial charge in [0.05, 0.1) is 6.10 Å². The highest BCUT2D eigenvalue weighted by molar-refractivity contribution is 4.93. The fraction of sp³-hybridized carbons (Fsp3) is 0.875. The van der Waals surface area contributed by atoms with E-state index >= 15 is 0 Å². The molecule has 104 valence electrons. The van der Waals surface area contributed by atoms with Gasteiger partial charge in [0.1, 0.15) is 0 Å². The van der Waals surface area contributed by atoms with E-state index in [2.05, 4.69) is 17.9 Å². The molecule has 2 nitrogen and oxygen atoms in total. The fourth-order valence-electron chi connectivity index (χ4n) is 3.77. The van der Waals surface area contributed by atoms with Crippen molar-refractivity contribution in [2.24, 2.45) is 5.92 Å². The molecule has 2 heterocycles. The van der Waals surface area contributed by atoms with Crippen molar-refractivity contribution in [1.82, 2.24) is 4.90 Å². The molecule has 0 saturated carbocycles. The third-order valence-electron chi connectivity index (χ3n) is 4.75. The van der Waals surface area contributed by atoms with Crippen molar-refractivity contribution in [3.05, 3.63) is 12.2 Å². The van der Waals surface area contributed by atoms with E-state index in [1.54, 1.807) is 0 Å². The Balaban J connectivity index is 1.72. The van der Waals surface area contributed by atoms with Gasteiger partial charge in [-0.2, -0.15) is 0 Å². The minimum Gasteiger partial charge on any atom is -0.389 e. The molecule has 4 atom stereocenters. The van der Waals surface area contributed by atoms with Crippen LogP contribution in [-0.2, 0) is 0 Å². The van der Waals surface area contributed by atoms with Gasteiger partial charge in [0.2, 0.25) is 0 Å². The summed E-state index contributed by atoms with van der Waals surface area (Å²) in [5.74, 6) is 0.916. The Labute approximate surface area is 112 Å². The Morgan fingerprint density at radius 1 is 1.33 bits per heavy atom. The van der Waals surface area contributed by atoms with Gasteiger partial charge >= 0.3 is 0 Å². The number of hydrogen-bond acceptors (Lipinski definition) is 2. The summed E-state index contributed by atoms with van der Waals surface area (Å²) in [4.78, 5) is 2.80. The summed E-state index contributed by atoms with van der Waals surface area (Å²) < 4.78 is 0. The predicted octanol–water partition coefficient (Wildman–Crippen LogP) is 3.36. The predicted molar refractivity (Wildman–Crippen MR) is 76.6 cm³/mol. The molecule has 2 rings (SSSR count). The summed E-state index contributed by atoms with van der Waals surface area (Å²) in [5.41, 5.74) is 0. The first kappa shape index (κ1) is 14.1. The fourth-order valence-corrected chi connectivity index (χ4v) is 3.77. The van der Waals surface area contributed by atoms with Crippen LogP contribution in [-0.4, -0.2) is 34.7 Å². The molecule has 2 fully saturated rings. The molecule has 4 unspecified atom stereocenters. The maximum absolute atomic E-state index is 9.16. The summed E-state index contributed by atoms with van der Waals surface area (Å²) in [6.07, 6.45) is 13.1. The van der Waals surface area contributed by atoms with Crippen LogP contribution in [0.2, 0.25) is 0 Å². The van der Waals surface area contributed by atoms with Gasteiger partial charge in [-0.05, 0) is 64.3 Å². The molecule has 0 aromatic rings. The minimum atomic E-state index is -0.288. The van der Waals surface area contributed by atoms with E-state index in [1.807, 2.05) is 13.0 Å². The lowest BCUT2D eigenvalue weighted by molar-refractivity contribution is 0.0756. The largest absolute Gasteiger partial charge is 0.389 e. The zero-order valence-electron chi connectivity index (χ0n) is 12.0. The highest BCUT2D eigenvalue weighted by Crippen LogP contribution is 2.36. The van der Waals surface area contributed by atoms with Gasteiger partial charge in [0, 0.05) is 12.1 Å². The van der Waals surface area contributed by atoms with E-state index in [9.17, 15) is 0 Å². The highest BCUT2D eigenvalue weighted by atomic mass is 16.3. The average Bonchev–Trinajstić information content (AvgIpc) is 2.81. The summed E-state index contributed by atoms with van der Waals surface area (Å²) in [6, 6.07) is 1.73. The number of hydrogen-bond donors (Lipinski definition) is 1. The average molecular weight is 251 g/mol. The quantitative estimate of drug-likeness (QED) is 0.598. The molecule has 1 N–H and O–H groups in total. The lowest BCUT2D eigenvalue weighted by atomic mass is 9.85. The third-order valence-corrected chi connectivity index (χ3v) is 4.75. The van der Waals surface area contributed by atoms with Gasteiger partial charge in [-0.25, -0.2) is 0 Å². The Morgan fingerprint density at radius 3 is 2.94 bits per heavy atom. The molecular formula is C16H29NO. The molecule has 2 saturated heterocycles. The number of piperidine rings is 1. The Hall–Kier alpha value is -0.340. The van der Waals surface area contributed by atoms with Crippen LogP contribution in [0.5, 0.6) is 0 Å². The second kappa shape index (κ2) is 6.72. The molecule has 0 bridgehead atoms.